The molecule has 0 saturated carbocycles. The largest absolute Gasteiger partial charge is 0.497 e. The predicted octanol–water partition coefficient (Wildman–Crippen LogP) is 5.18. The van der Waals surface area contributed by atoms with Crippen LogP contribution in [-0.2, 0) is 0 Å². The molecule has 5 rings (SSSR count). The van der Waals surface area contributed by atoms with Crippen LogP contribution in [0.2, 0.25) is 0 Å². The van der Waals surface area contributed by atoms with Gasteiger partial charge in [0.1, 0.15) is 17.3 Å². The van der Waals surface area contributed by atoms with Crippen LogP contribution >= 0.6 is 0 Å². The normalized spacial score (nSPS) is 17.7. The van der Waals surface area contributed by atoms with Gasteiger partial charge >= 0.3 is 0 Å². The molecule has 7 heteroatoms. The number of rotatable bonds is 8. The number of anilines is 2. The predicted molar refractivity (Wildman–Crippen MR) is 143 cm³/mol. The monoisotopic (exact) mass is 488 g/mol. The molecule has 36 heavy (non-hydrogen) atoms. The molecule has 0 amide bonds. The van der Waals surface area contributed by atoms with E-state index in [0.717, 1.165) is 61.7 Å². The Morgan fingerprint density at radius 2 is 1.75 bits per heavy atom. The number of aromatic nitrogens is 1. The first-order valence-electron chi connectivity index (χ1n) is 12.6. The van der Waals surface area contributed by atoms with Gasteiger partial charge in [-0.3, -0.25) is 9.88 Å². The van der Waals surface area contributed by atoms with Crippen molar-refractivity contribution in [2.75, 3.05) is 56.7 Å². The quantitative estimate of drug-likeness (QED) is 0.472. The van der Waals surface area contributed by atoms with Crippen molar-refractivity contribution in [2.45, 2.75) is 19.4 Å². The molecule has 1 saturated heterocycles. The maximum absolute atomic E-state index is 15.0. The summed E-state index contributed by atoms with van der Waals surface area (Å²) in [6.45, 7) is 7.28. The number of nitrogens with one attached hydrogen (secondary N) is 1. The zero-order valence-electron chi connectivity index (χ0n) is 20.9. The summed E-state index contributed by atoms with van der Waals surface area (Å²) >= 11 is 0. The Bertz CT molecular complexity index is 1190. The summed E-state index contributed by atoms with van der Waals surface area (Å²) in [5.74, 6) is 1.25. The molecule has 2 aliphatic heterocycles. The van der Waals surface area contributed by atoms with Crippen LogP contribution in [0.15, 0.2) is 60.9 Å². The highest BCUT2D eigenvalue weighted by atomic mass is 19.1. The van der Waals surface area contributed by atoms with E-state index < -0.39 is 0 Å². The van der Waals surface area contributed by atoms with E-state index in [1.807, 2.05) is 42.7 Å². The molecule has 1 atom stereocenters. The second kappa shape index (κ2) is 11.0. The average molecular weight is 489 g/mol. The molecule has 3 aromatic rings. The molecule has 3 heterocycles. The van der Waals surface area contributed by atoms with E-state index in [9.17, 15) is 4.39 Å². The Morgan fingerprint density at radius 3 is 2.44 bits per heavy atom. The zero-order chi connectivity index (χ0) is 24.9. The average Bonchev–Trinajstić information content (AvgIpc) is 2.93. The Balaban J connectivity index is 1.41. The number of piperazine rings is 1. The number of halogens is 1. The van der Waals surface area contributed by atoms with E-state index in [1.54, 1.807) is 13.2 Å². The van der Waals surface area contributed by atoms with Crippen molar-refractivity contribution >= 4 is 23.0 Å². The Hall–Kier alpha value is -3.58. The van der Waals surface area contributed by atoms with Gasteiger partial charge in [0.2, 0.25) is 0 Å². The van der Waals surface area contributed by atoms with Crippen molar-refractivity contribution in [1.29, 1.82) is 0 Å². The molecule has 0 radical (unpaired) electrons. The first-order chi connectivity index (χ1) is 17.7. The molecular formula is C29H33FN4O2. The molecule has 0 spiro atoms. The van der Waals surface area contributed by atoms with Gasteiger partial charge in [-0.25, -0.2) is 4.39 Å². The summed E-state index contributed by atoms with van der Waals surface area (Å²) < 4.78 is 26.3. The summed E-state index contributed by atoms with van der Waals surface area (Å²) in [5.41, 5.74) is 4.61. The number of hydrogen-bond acceptors (Lipinski definition) is 6. The Morgan fingerprint density at radius 1 is 1.00 bits per heavy atom. The molecule has 0 bridgehead atoms. The fourth-order valence-corrected chi connectivity index (χ4v) is 4.92. The van der Waals surface area contributed by atoms with E-state index in [0.29, 0.717) is 17.9 Å². The Labute approximate surface area is 212 Å². The number of benzene rings is 2. The minimum atomic E-state index is -0.253. The fourth-order valence-electron chi connectivity index (χ4n) is 4.92. The number of nitrogens with zero attached hydrogens (tertiary/aromatic N) is 3. The second-order valence-electron chi connectivity index (χ2n) is 9.20. The highest BCUT2D eigenvalue weighted by Crippen LogP contribution is 2.40. The minimum Gasteiger partial charge on any atom is -0.497 e. The molecular weight excluding hydrogens is 455 g/mol. The van der Waals surface area contributed by atoms with Gasteiger partial charge in [-0.2, -0.15) is 0 Å². The second-order valence-corrected chi connectivity index (χ2v) is 9.20. The molecule has 1 N–H and O–H groups in total. The van der Waals surface area contributed by atoms with Crippen LogP contribution in [0.5, 0.6) is 11.5 Å². The zero-order valence-corrected chi connectivity index (χ0v) is 20.9. The molecule has 1 fully saturated rings. The molecule has 1 aromatic heterocycles. The molecule has 6 nitrogen and oxygen atoms in total. The van der Waals surface area contributed by atoms with Gasteiger partial charge in [-0.05, 0) is 60.0 Å². The summed E-state index contributed by atoms with van der Waals surface area (Å²) in [5, 5.41) is 3.65. The third-order valence-electron chi connectivity index (χ3n) is 6.87. The van der Waals surface area contributed by atoms with Crippen molar-refractivity contribution in [2.24, 2.45) is 0 Å². The molecule has 2 aliphatic rings. The van der Waals surface area contributed by atoms with Gasteiger partial charge in [0.05, 0.1) is 25.4 Å². The summed E-state index contributed by atoms with van der Waals surface area (Å²) in [7, 11) is 1.66. The number of hydrogen-bond donors (Lipinski definition) is 1. The topological polar surface area (TPSA) is 49.9 Å². The SMILES string of the molecule is CCCOc1ccc(F)c2c1NC(CN1CCN(c3ccncc3)CC1)C(c1ccc(OC)cc1)=C2. The minimum absolute atomic E-state index is 0.0100. The molecule has 0 aliphatic carbocycles. The maximum atomic E-state index is 15.0. The van der Waals surface area contributed by atoms with Gasteiger partial charge in [0.15, 0.2) is 0 Å². The van der Waals surface area contributed by atoms with Crippen LogP contribution in [0.4, 0.5) is 15.8 Å². The van der Waals surface area contributed by atoms with Crippen molar-refractivity contribution in [3.8, 4) is 11.5 Å². The fraction of sp³-hybridized carbons (Fsp3) is 0.345. The first-order valence-corrected chi connectivity index (χ1v) is 12.6. The van der Waals surface area contributed by atoms with Gasteiger partial charge < -0.3 is 19.7 Å². The third-order valence-corrected chi connectivity index (χ3v) is 6.87. The smallest absolute Gasteiger partial charge is 0.143 e. The maximum Gasteiger partial charge on any atom is 0.143 e. The van der Waals surface area contributed by atoms with Gasteiger partial charge in [-0.1, -0.05) is 19.1 Å². The highest BCUT2D eigenvalue weighted by molar-refractivity contribution is 5.94. The standard InChI is InChI=1S/C29H33FN4O2/c1-3-18-36-28-9-8-26(30)25-19-24(21-4-6-23(35-2)7-5-21)27(32-29(25)28)20-33-14-16-34(17-15-33)22-10-12-31-13-11-22/h4-13,19,27,32H,3,14-18,20H2,1-2H3. The number of methoxy groups -OCH3 is 1. The third kappa shape index (κ3) is 5.16. The van der Waals surface area contributed by atoms with E-state index >= 15 is 0 Å². The van der Waals surface area contributed by atoms with Crippen molar-refractivity contribution < 1.29 is 13.9 Å². The lowest BCUT2D eigenvalue weighted by Crippen LogP contribution is -2.50. The summed E-state index contributed by atoms with van der Waals surface area (Å²) in [4.78, 5) is 9.01. The lowest BCUT2D eigenvalue weighted by atomic mass is 9.90. The van der Waals surface area contributed by atoms with E-state index in [1.165, 1.54) is 11.8 Å². The van der Waals surface area contributed by atoms with Crippen molar-refractivity contribution in [1.82, 2.24) is 9.88 Å². The number of pyridine rings is 1. The summed E-state index contributed by atoms with van der Waals surface area (Å²) in [6, 6.07) is 15.3. The van der Waals surface area contributed by atoms with Crippen LogP contribution in [0.3, 0.4) is 0 Å². The van der Waals surface area contributed by atoms with Crippen LogP contribution in [0.1, 0.15) is 24.5 Å². The number of ether oxygens (including phenoxy) is 2. The number of fused-ring (bicyclic) bond motifs is 1. The van der Waals surface area contributed by atoms with Crippen LogP contribution in [0, 0.1) is 5.82 Å². The van der Waals surface area contributed by atoms with Gasteiger partial charge in [0.25, 0.3) is 0 Å². The van der Waals surface area contributed by atoms with Crippen molar-refractivity contribution in [3.05, 3.63) is 77.9 Å². The lowest BCUT2D eigenvalue weighted by molar-refractivity contribution is 0.257. The van der Waals surface area contributed by atoms with Crippen molar-refractivity contribution in [3.63, 3.8) is 0 Å². The highest BCUT2D eigenvalue weighted by Gasteiger charge is 2.29. The van der Waals surface area contributed by atoms with Crippen LogP contribution in [-0.4, -0.2) is 62.4 Å². The lowest BCUT2D eigenvalue weighted by Gasteiger charge is -2.39. The molecule has 2 aromatic carbocycles. The summed E-state index contributed by atoms with van der Waals surface area (Å²) in [6.07, 6.45) is 6.56. The van der Waals surface area contributed by atoms with Crippen LogP contribution in [0.25, 0.3) is 11.6 Å². The molecule has 188 valence electrons. The van der Waals surface area contributed by atoms with E-state index in [2.05, 4.69) is 39.2 Å². The van der Waals surface area contributed by atoms with Crippen LogP contribution < -0.4 is 19.7 Å². The molecule has 1 unspecified atom stereocenters. The first kappa shape index (κ1) is 24.1. The van der Waals surface area contributed by atoms with Gasteiger partial charge in [-0.15, -0.1) is 0 Å². The van der Waals surface area contributed by atoms with E-state index in [4.69, 9.17) is 9.47 Å². The van der Waals surface area contributed by atoms with E-state index in [-0.39, 0.29) is 11.9 Å². The van der Waals surface area contributed by atoms with Gasteiger partial charge in [0, 0.05) is 56.4 Å². The Kier molecular flexibility index (Phi) is 7.37.